The highest BCUT2D eigenvalue weighted by molar-refractivity contribution is 5.31. The molecule has 3 heteroatoms. The number of benzene rings is 1. The van der Waals surface area contributed by atoms with Crippen LogP contribution >= 0.6 is 0 Å². The number of aryl methyl sites for hydroxylation is 1. The minimum Gasteiger partial charge on any atom is -0.312 e. The molecule has 2 nitrogen and oxygen atoms in total. The Bertz CT molecular complexity index is 580. The molecule has 0 amide bonds. The van der Waals surface area contributed by atoms with Gasteiger partial charge < -0.3 is 5.32 Å². The van der Waals surface area contributed by atoms with Gasteiger partial charge in [0.15, 0.2) is 0 Å². The van der Waals surface area contributed by atoms with Gasteiger partial charge in [-0.1, -0.05) is 18.2 Å². The van der Waals surface area contributed by atoms with Crippen LogP contribution in [0.4, 0.5) is 4.39 Å². The third-order valence-corrected chi connectivity index (χ3v) is 4.18. The monoisotopic (exact) mass is 270 g/mol. The van der Waals surface area contributed by atoms with Crippen LogP contribution in [0.3, 0.4) is 0 Å². The minimum atomic E-state index is -0.189. The highest BCUT2D eigenvalue weighted by Crippen LogP contribution is 2.38. The number of rotatable bonds is 3. The summed E-state index contributed by atoms with van der Waals surface area (Å²) in [5.41, 5.74) is 3.67. The SMILES string of the molecule is CNC(c1ccc(F)cc1)C1CCCc2cccnc21. The summed E-state index contributed by atoms with van der Waals surface area (Å²) in [6.07, 6.45) is 5.28. The van der Waals surface area contributed by atoms with Gasteiger partial charge in [-0.25, -0.2) is 4.39 Å². The fourth-order valence-corrected chi connectivity index (χ4v) is 3.24. The Labute approximate surface area is 119 Å². The van der Waals surface area contributed by atoms with Gasteiger partial charge in [0.1, 0.15) is 5.82 Å². The predicted molar refractivity (Wildman–Crippen MR) is 78.1 cm³/mol. The third kappa shape index (κ3) is 2.46. The predicted octanol–water partition coefficient (Wildman–Crippen LogP) is 3.60. The first kappa shape index (κ1) is 13.3. The zero-order valence-electron chi connectivity index (χ0n) is 11.6. The van der Waals surface area contributed by atoms with Crippen LogP contribution in [0.1, 0.15) is 41.6 Å². The van der Waals surface area contributed by atoms with Gasteiger partial charge in [0.25, 0.3) is 0 Å². The summed E-state index contributed by atoms with van der Waals surface area (Å²) in [6, 6.07) is 11.2. The molecule has 0 fully saturated rings. The molecule has 1 aromatic heterocycles. The summed E-state index contributed by atoms with van der Waals surface area (Å²) in [6.45, 7) is 0. The zero-order valence-corrected chi connectivity index (χ0v) is 11.6. The van der Waals surface area contributed by atoms with Gasteiger partial charge in [-0.2, -0.15) is 0 Å². The summed E-state index contributed by atoms with van der Waals surface area (Å²) in [7, 11) is 1.96. The molecule has 1 heterocycles. The van der Waals surface area contributed by atoms with Crippen LogP contribution in [0.5, 0.6) is 0 Å². The van der Waals surface area contributed by atoms with Crippen molar-refractivity contribution >= 4 is 0 Å². The number of nitrogens with zero attached hydrogens (tertiary/aromatic N) is 1. The lowest BCUT2D eigenvalue weighted by Crippen LogP contribution is -2.27. The van der Waals surface area contributed by atoms with E-state index in [1.807, 2.05) is 31.4 Å². The fourth-order valence-electron chi connectivity index (χ4n) is 3.24. The molecule has 1 aromatic carbocycles. The lowest BCUT2D eigenvalue weighted by atomic mass is 9.79. The quantitative estimate of drug-likeness (QED) is 0.921. The Hall–Kier alpha value is -1.74. The molecule has 2 unspecified atom stereocenters. The van der Waals surface area contributed by atoms with Crippen molar-refractivity contribution in [3.8, 4) is 0 Å². The second-order valence-electron chi connectivity index (χ2n) is 5.36. The molecule has 2 aromatic rings. The van der Waals surface area contributed by atoms with Crippen LogP contribution in [-0.4, -0.2) is 12.0 Å². The second kappa shape index (κ2) is 5.71. The van der Waals surface area contributed by atoms with Crippen molar-refractivity contribution in [3.05, 3.63) is 65.2 Å². The highest BCUT2D eigenvalue weighted by atomic mass is 19.1. The molecular weight excluding hydrogens is 251 g/mol. The van der Waals surface area contributed by atoms with E-state index in [4.69, 9.17) is 0 Å². The highest BCUT2D eigenvalue weighted by Gasteiger charge is 2.29. The minimum absolute atomic E-state index is 0.185. The molecule has 0 spiro atoms. The number of hydrogen-bond donors (Lipinski definition) is 1. The van der Waals surface area contributed by atoms with Gasteiger partial charge in [-0.15, -0.1) is 0 Å². The maximum atomic E-state index is 13.1. The van der Waals surface area contributed by atoms with E-state index < -0.39 is 0 Å². The van der Waals surface area contributed by atoms with Crippen LogP contribution in [0.15, 0.2) is 42.6 Å². The van der Waals surface area contributed by atoms with Crippen molar-refractivity contribution in [1.29, 1.82) is 0 Å². The van der Waals surface area contributed by atoms with Crippen LogP contribution in [0.2, 0.25) is 0 Å². The van der Waals surface area contributed by atoms with Crippen molar-refractivity contribution in [2.45, 2.75) is 31.2 Å². The van der Waals surface area contributed by atoms with Crippen molar-refractivity contribution in [3.63, 3.8) is 0 Å². The van der Waals surface area contributed by atoms with Gasteiger partial charge in [0, 0.05) is 23.9 Å². The van der Waals surface area contributed by atoms with Crippen LogP contribution < -0.4 is 5.32 Å². The molecule has 3 rings (SSSR count). The Morgan fingerprint density at radius 2 is 2.05 bits per heavy atom. The Balaban J connectivity index is 1.96. The molecule has 0 aliphatic heterocycles. The van der Waals surface area contributed by atoms with Gasteiger partial charge in [0.2, 0.25) is 0 Å². The number of halogens is 1. The summed E-state index contributed by atoms with van der Waals surface area (Å²) in [4.78, 5) is 4.60. The van der Waals surface area contributed by atoms with Crippen LogP contribution in [0.25, 0.3) is 0 Å². The van der Waals surface area contributed by atoms with E-state index in [1.54, 1.807) is 0 Å². The van der Waals surface area contributed by atoms with E-state index in [2.05, 4.69) is 16.4 Å². The number of pyridine rings is 1. The normalized spacial score (nSPS) is 19.4. The van der Waals surface area contributed by atoms with E-state index in [0.717, 1.165) is 18.4 Å². The third-order valence-electron chi connectivity index (χ3n) is 4.18. The van der Waals surface area contributed by atoms with Crippen molar-refractivity contribution < 1.29 is 4.39 Å². The summed E-state index contributed by atoms with van der Waals surface area (Å²) in [5, 5.41) is 3.39. The molecule has 1 N–H and O–H groups in total. The molecule has 0 bridgehead atoms. The maximum Gasteiger partial charge on any atom is 0.123 e. The lowest BCUT2D eigenvalue weighted by Gasteiger charge is -2.31. The standard InChI is InChI=1S/C17H19FN2/c1-19-16(13-7-9-14(18)10-8-13)15-6-2-4-12-5-3-11-20-17(12)15/h3,5,7-11,15-16,19H,2,4,6H2,1H3. The average molecular weight is 270 g/mol. The maximum absolute atomic E-state index is 13.1. The topological polar surface area (TPSA) is 24.9 Å². The van der Waals surface area contributed by atoms with E-state index in [1.165, 1.54) is 29.8 Å². The van der Waals surface area contributed by atoms with Gasteiger partial charge in [0.05, 0.1) is 0 Å². The summed E-state index contributed by atoms with van der Waals surface area (Å²) >= 11 is 0. The summed E-state index contributed by atoms with van der Waals surface area (Å²) < 4.78 is 13.1. The van der Waals surface area contributed by atoms with Gasteiger partial charge >= 0.3 is 0 Å². The first-order chi connectivity index (χ1) is 9.79. The summed E-state index contributed by atoms with van der Waals surface area (Å²) in [5.74, 6) is 0.168. The average Bonchev–Trinajstić information content (AvgIpc) is 2.50. The number of likely N-dealkylation sites (N-methyl/N-ethyl adjacent to an activating group) is 1. The fraction of sp³-hybridized carbons (Fsp3) is 0.353. The first-order valence-electron chi connectivity index (χ1n) is 7.16. The molecule has 104 valence electrons. The van der Waals surface area contributed by atoms with E-state index in [-0.39, 0.29) is 11.9 Å². The number of nitrogens with one attached hydrogen (secondary N) is 1. The Kier molecular flexibility index (Phi) is 3.79. The van der Waals surface area contributed by atoms with E-state index >= 15 is 0 Å². The van der Waals surface area contributed by atoms with Gasteiger partial charge in [-0.3, -0.25) is 4.98 Å². The zero-order chi connectivity index (χ0) is 13.9. The molecule has 0 saturated carbocycles. The Morgan fingerprint density at radius 1 is 1.25 bits per heavy atom. The van der Waals surface area contributed by atoms with E-state index in [9.17, 15) is 4.39 Å². The molecule has 0 radical (unpaired) electrons. The van der Waals surface area contributed by atoms with Crippen molar-refractivity contribution in [2.24, 2.45) is 0 Å². The number of fused-ring (bicyclic) bond motifs is 1. The van der Waals surface area contributed by atoms with Crippen molar-refractivity contribution in [2.75, 3.05) is 7.05 Å². The largest absolute Gasteiger partial charge is 0.312 e. The molecule has 1 aliphatic carbocycles. The van der Waals surface area contributed by atoms with Crippen LogP contribution in [0, 0.1) is 5.82 Å². The number of aromatic nitrogens is 1. The van der Waals surface area contributed by atoms with Crippen LogP contribution in [-0.2, 0) is 6.42 Å². The number of hydrogen-bond acceptors (Lipinski definition) is 2. The Morgan fingerprint density at radius 3 is 2.80 bits per heavy atom. The molecule has 20 heavy (non-hydrogen) atoms. The molecule has 2 atom stereocenters. The smallest absolute Gasteiger partial charge is 0.123 e. The van der Waals surface area contributed by atoms with Crippen molar-refractivity contribution in [1.82, 2.24) is 10.3 Å². The molecule has 1 aliphatic rings. The van der Waals surface area contributed by atoms with Gasteiger partial charge in [-0.05, 0) is 55.6 Å². The lowest BCUT2D eigenvalue weighted by molar-refractivity contribution is 0.415. The first-order valence-corrected chi connectivity index (χ1v) is 7.16. The molecule has 0 saturated heterocycles. The second-order valence-corrected chi connectivity index (χ2v) is 5.36. The van der Waals surface area contributed by atoms with E-state index in [0.29, 0.717) is 5.92 Å². The molecular formula is C17H19FN2.